The Morgan fingerprint density at radius 1 is 1.31 bits per heavy atom. The summed E-state index contributed by atoms with van der Waals surface area (Å²) in [6, 6.07) is 0.611. The Hall–Kier alpha value is -0.0600. The average Bonchev–Trinajstić information content (AvgIpc) is 1.95. The summed E-state index contributed by atoms with van der Waals surface area (Å²) >= 11 is 0. The zero-order chi connectivity index (χ0) is 10.4. The van der Waals surface area contributed by atoms with Gasteiger partial charge in [0.1, 0.15) is 6.73 Å². The molecule has 0 aromatic rings. The summed E-state index contributed by atoms with van der Waals surface area (Å²) in [7, 11) is -2.67. The smallest absolute Gasteiger partial charge is 0.273 e. The minimum Gasteiger partial charge on any atom is -0.273 e. The van der Waals surface area contributed by atoms with Gasteiger partial charge >= 0.3 is 8.25 Å². The molecule has 0 fully saturated rings. The molecule has 0 heterocycles. The molecular formula is C7H17NO4P+. The topological polar surface area (TPSA) is 59.0 Å². The van der Waals surface area contributed by atoms with Crippen molar-refractivity contribution in [3.8, 4) is 0 Å². The number of rotatable bonds is 6. The van der Waals surface area contributed by atoms with Crippen molar-refractivity contribution >= 4 is 8.25 Å². The van der Waals surface area contributed by atoms with E-state index in [2.05, 4.69) is 9.56 Å². The Bertz CT molecular complexity index is 155. The van der Waals surface area contributed by atoms with Crippen LogP contribution >= 0.6 is 8.25 Å². The molecule has 5 nitrogen and oxygen atoms in total. The van der Waals surface area contributed by atoms with Crippen LogP contribution in [0.5, 0.6) is 0 Å². The van der Waals surface area contributed by atoms with Gasteiger partial charge in [0, 0.05) is 16.6 Å². The molecule has 0 amide bonds. The molecule has 1 unspecified atom stereocenters. The van der Waals surface area contributed by atoms with E-state index in [-0.39, 0.29) is 6.73 Å². The highest BCUT2D eigenvalue weighted by Gasteiger charge is 2.18. The van der Waals surface area contributed by atoms with E-state index in [4.69, 9.17) is 4.89 Å². The molecule has 0 spiro atoms. The molecule has 0 aliphatic carbocycles. The molecule has 0 radical (unpaired) electrons. The van der Waals surface area contributed by atoms with Crippen molar-refractivity contribution in [1.29, 1.82) is 0 Å². The summed E-state index contributed by atoms with van der Waals surface area (Å²) < 4.78 is 14.2. The molecule has 6 heteroatoms. The second-order valence-corrected chi connectivity index (χ2v) is 3.89. The summed E-state index contributed by atoms with van der Waals surface area (Å²) in [4.78, 5) is 14.8. The van der Waals surface area contributed by atoms with E-state index < -0.39 is 8.25 Å². The van der Waals surface area contributed by atoms with Gasteiger partial charge in [-0.15, -0.1) is 4.89 Å². The van der Waals surface area contributed by atoms with Gasteiger partial charge in [0.05, 0.1) is 4.67 Å². The predicted octanol–water partition coefficient (Wildman–Crippen LogP) is 1.66. The summed E-state index contributed by atoms with van der Waals surface area (Å²) in [6.07, 6.45) is 0. The predicted molar refractivity (Wildman–Crippen MR) is 49.0 cm³/mol. The van der Waals surface area contributed by atoms with Crippen LogP contribution in [0.1, 0.15) is 27.7 Å². The molecule has 78 valence electrons. The molecule has 0 saturated heterocycles. The summed E-state index contributed by atoms with van der Waals surface area (Å²) in [6.45, 7) is 8.26. The second kappa shape index (κ2) is 6.40. The van der Waals surface area contributed by atoms with Crippen molar-refractivity contribution in [2.45, 2.75) is 39.8 Å². The fraction of sp³-hybridized carbons (Fsp3) is 1.00. The molecule has 13 heavy (non-hydrogen) atoms. The van der Waals surface area contributed by atoms with E-state index in [9.17, 15) is 4.57 Å². The second-order valence-electron chi connectivity index (χ2n) is 3.26. The quantitative estimate of drug-likeness (QED) is 0.312. The first-order chi connectivity index (χ1) is 5.95. The Morgan fingerprint density at radius 3 is 2.08 bits per heavy atom. The fourth-order valence-electron chi connectivity index (χ4n) is 1.02. The summed E-state index contributed by atoms with van der Waals surface area (Å²) in [5.74, 6) is 0. The zero-order valence-corrected chi connectivity index (χ0v) is 9.32. The lowest BCUT2D eigenvalue weighted by molar-refractivity contribution is -0.244. The van der Waals surface area contributed by atoms with Crippen LogP contribution in [0.15, 0.2) is 0 Å². The van der Waals surface area contributed by atoms with E-state index in [1.807, 2.05) is 32.6 Å². The maximum absolute atomic E-state index is 10.1. The first-order valence-corrected chi connectivity index (χ1v) is 5.29. The highest BCUT2D eigenvalue weighted by Crippen LogP contribution is 2.15. The summed E-state index contributed by atoms with van der Waals surface area (Å²) in [5.41, 5.74) is 0. The van der Waals surface area contributed by atoms with Crippen molar-refractivity contribution in [2.24, 2.45) is 0 Å². The largest absolute Gasteiger partial charge is 0.726 e. The maximum Gasteiger partial charge on any atom is 0.726 e. The molecule has 0 rings (SSSR count). The standard InChI is InChI=1S/C7H16NO4P/c1-6(2)8(7(3)4)5-11-12-13(9)10/h6-7H,5H2,1-4H3/p+1. The molecular weight excluding hydrogens is 193 g/mol. The van der Waals surface area contributed by atoms with Crippen LogP contribution in [-0.2, 0) is 14.1 Å². The van der Waals surface area contributed by atoms with E-state index >= 15 is 0 Å². The number of nitrogens with zero attached hydrogens (tertiary/aromatic N) is 1. The van der Waals surface area contributed by atoms with Gasteiger partial charge in [-0.3, -0.25) is 4.90 Å². The number of hydrogen-bond donors (Lipinski definition) is 1. The van der Waals surface area contributed by atoms with Crippen LogP contribution < -0.4 is 0 Å². The van der Waals surface area contributed by atoms with Crippen LogP contribution in [0.2, 0.25) is 0 Å². The molecule has 0 bridgehead atoms. The zero-order valence-electron chi connectivity index (χ0n) is 8.43. The van der Waals surface area contributed by atoms with Crippen LogP contribution in [0.3, 0.4) is 0 Å². The molecule has 1 N–H and O–H groups in total. The monoisotopic (exact) mass is 210 g/mol. The van der Waals surface area contributed by atoms with E-state index in [1.165, 1.54) is 0 Å². The first kappa shape index (κ1) is 12.9. The molecule has 0 aliphatic rings. The first-order valence-electron chi connectivity index (χ1n) is 4.16. The molecule has 1 atom stereocenters. The minimum absolute atomic E-state index is 0.191. The normalized spacial score (nSPS) is 13.1. The lowest BCUT2D eigenvalue weighted by Gasteiger charge is -2.28. The van der Waals surface area contributed by atoms with E-state index in [0.29, 0.717) is 12.1 Å². The highest BCUT2D eigenvalue weighted by molar-refractivity contribution is 7.31. The van der Waals surface area contributed by atoms with E-state index in [0.717, 1.165) is 0 Å². The Balaban J connectivity index is 3.77. The number of hydrogen-bond acceptors (Lipinski definition) is 4. The Labute approximate surface area is 79.5 Å². The Kier molecular flexibility index (Phi) is 6.37. The van der Waals surface area contributed by atoms with Crippen LogP contribution in [0, 0.1) is 0 Å². The van der Waals surface area contributed by atoms with Crippen molar-refractivity contribution in [2.75, 3.05) is 6.73 Å². The maximum atomic E-state index is 10.1. The molecule has 0 saturated carbocycles. The molecule has 0 aliphatic heterocycles. The fourth-order valence-corrected chi connectivity index (χ4v) is 1.16. The lowest BCUT2D eigenvalue weighted by atomic mass is 10.2. The minimum atomic E-state index is -2.67. The van der Waals surface area contributed by atoms with Gasteiger partial charge in [0.2, 0.25) is 0 Å². The van der Waals surface area contributed by atoms with Crippen LogP contribution in [-0.4, -0.2) is 28.6 Å². The SMILES string of the molecule is CC(C)N(COO[P+](=O)O)C(C)C. The third-order valence-corrected chi connectivity index (χ3v) is 1.88. The van der Waals surface area contributed by atoms with Gasteiger partial charge in [0.15, 0.2) is 0 Å². The van der Waals surface area contributed by atoms with Crippen LogP contribution in [0.25, 0.3) is 0 Å². The Morgan fingerprint density at radius 2 is 1.77 bits per heavy atom. The lowest BCUT2D eigenvalue weighted by Crippen LogP contribution is -2.38. The van der Waals surface area contributed by atoms with Gasteiger partial charge < -0.3 is 0 Å². The average molecular weight is 210 g/mol. The van der Waals surface area contributed by atoms with Gasteiger partial charge in [-0.25, -0.2) is 0 Å². The van der Waals surface area contributed by atoms with Gasteiger partial charge in [-0.05, 0) is 27.7 Å². The van der Waals surface area contributed by atoms with Crippen LogP contribution in [0.4, 0.5) is 0 Å². The molecule has 0 aromatic heterocycles. The third-order valence-electron chi connectivity index (χ3n) is 1.64. The van der Waals surface area contributed by atoms with Gasteiger partial charge in [-0.2, -0.15) is 4.89 Å². The van der Waals surface area contributed by atoms with Crippen molar-refractivity contribution < 1.29 is 19.0 Å². The van der Waals surface area contributed by atoms with Crippen molar-refractivity contribution in [3.05, 3.63) is 0 Å². The van der Waals surface area contributed by atoms with E-state index in [1.54, 1.807) is 0 Å². The van der Waals surface area contributed by atoms with Gasteiger partial charge in [0.25, 0.3) is 0 Å². The highest BCUT2D eigenvalue weighted by atomic mass is 31.1. The molecule has 0 aromatic carbocycles. The summed E-state index contributed by atoms with van der Waals surface area (Å²) in [5, 5.41) is 0. The van der Waals surface area contributed by atoms with Crippen molar-refractivity contribution in [3.63, 3.8) is 0 Å². The third kappa shape index (κ3) is 6.07. The van der Waals surface area contributed by atoms with Gasteiger partial charge in [-0.1, -0.05) is 0 Å². The van der Waals surface area contributed by atoms with Crippen molar-refractivity contribution in [1.82, 2.24) is 4.90 Å².